The molecule has 98 valence electrons. The Bertz CT molecular complexity index is 275. The highest BCUT2D eigenvalue weighted by molar-refractivity contribution is 7.80. The Labute approximate surface area is 110 Å². The van der Waals surface area contributed by atoms with Gasteiger partial charge in [0.2, 0.25) is 5.91 Å². The summed E-state index contributed by atoms with van der Waals surface area (Å²) in [7, 11) is 0. The SMILES string of the molecule is CC1CCCCCC1NC(=O)CC1(CS)CC1. The predicted octanol–water partition coefficient (Wildman–Crippen LogP) is 3.17. The van der Waals surface area contributed by atoms with Gasteiger partial charge in [0.25, 0.3) is 0 Å². The average Bonchev–Trinajstić information content (AvgIpc) is 3.08. The zero-order valence-corrected chi connectivity index (χ0v) is 11.8. The molecule has 2 atom stereocenters. The van der Waals surface area contributed by atoms with Gasteiger partial charge in [-0.2, -0.15) is 12.6 Å². The van der Waals surface area contributed by atoms with Crippen LogP contribution < -0.4 is 5.32 Å². The van der Waals surface area contributed by atoms with Crippen LogP contribution in [0.4, 0.5) is 0 Å². The van der Waals surface area contributed by atoms with E-state index in [0.29, 0.717) is 18.4 Å². The van der Waals surface area contributed by atoms with Crippen LogP contribution in [0.25, 0.3) is 0 Å². The molecule has 0 heterocycles. The van der Waals surface area contributed by atoms with Gasteiger partial charge < -0.3 is 5.32 Å². The van der Waals surface area contributed by atoms with Crippen molar-refractivity contribution in [2.75, 3.05) is 5.75 Å². The molecule has 0 aromatic heterocycles. The second-order valence-corrected chi connectivity index (χ2v) is 6.44. The zero-order chi connectivity index (χ0) is 12.3. The van der Waals surface area contributed by atoms with Crippen molar-refractivity contribution in [2.24, 2.45) is 11.3 Å². The topological polar surface area (TPSA) is 29.1 Å². The van der Waals surface area contributed by atoms with E-state index in [0.717, 1.165) is 5.75 Å². The molecule has 0 radical (unpaired) electrons. The lowest BCUT2D eigenvalue weighted by Crippen LogP contribution is -2.39. The van der Waals surface area contributed by atoms with Crippen molar-refractivity contribution in [3.8, 4) is 0 Å². The van der Waals surface area contributed by atoms with Gasteiger partial charge in [0.15, 0.2) is 0 Å². The monoisotopic (exact) mass is 255 g/mol. The summed E-state index contributed by atoms with van der Waals surface area (Å²) in [5, 5.41) is 3.27. The molecule has 2 nitrogen and oxygen atoms in total. The molecule has 0 aliphatic heterocycles. The van der Waals surface area contributed by atoms with E-state index in [-0.39, 0.29) is 11.3 Å². The fourth-order valence-corrected chi connectivity index (χ4v) is 3.30. The molecule has 0 aromatic carbocycles. The molecule has 2 aliphatic carbocycles. The highest BCUT2D eigenvalue weighted by Gasteiger charge is 2.43. The van der Waals surface area contributed by atoms with Crippen LogP contribution in [0.15, 0.2) is 0 Å². The fourth-order valence-electron chi connectivity index (χ4n) is 2.87. The number of amides is 1. The first-order chi connectivity index (χ1) is 8.15. The van der Waals surface area contributed by atoms with Crippen molar-refractivity contribution in [1.29, 1.82) is 0 Å². The van der Waals surface area contributed by atoms with E-state index in [1.165, 1.54) is 44.9 Å². The Morgan fingerprint density at radius 2 is 2.00 bits per heavy atom. The fraction of sp³-hybridized carbons (Fsp3) is 0.929. The Kier molecular flexibility index (Phi) is 4.40. The predicted molar refractivity (Wildman–Crippen MR) is 74.3 cm³/mol. The molecular formula is C14H25NOS. The van der Waals surface area contributed by atoms with E-state index < -0.39 is 0 Å². The van der Waals surface area contributed by atoms with Gasteiger partial charge in [-0.25, -0.2) is 0 Å². The molecule has 0 aromatic rings. The van der Waals surface area contributed by atoms with Gasteiger partial charge >= 0.3 is 0 Å². The summed E-state index contributed by atoms with van der Waals surface area (Å²) in [4.78, 5) is 12.0. The third-order valence-electron chi connectivity index (χ3n) is 4.54. The van der Waals surface area contributed by atoms with Gasteiger partial charge in [0.1, 0.15) is 0 Å². The van der Waals surface area contributed by atoms with Crippen LogP contribution in [0.1, 0.15) is 58.3 Å². The summed E-state index contributed by atoms with van der Waals surface area (Å²) in [5.41, 5.74) is 0.251. The maximum absolute atomic E-state index is 12.0. The molecule has 3 heteroatoms. The highest BCUT2D eigenvalue weighted by Crippen LogP contribution is 2.49. The Balaban J connectivity index is 1.80. The van der Waals surface area contributed by atoms with Crippen LogP contribution in [-0.4, -0.2) is 17.7 Å². The second-order valence-electron chi connectivity index (χ2n) is 6.12. The third kappa shape index (κ3) is 3.64. The van der Waals surface area contributed by atoms with E-state index in [9.17, 15) is 4.79 Å². The summed E-state index contributed by atoms with van der Waals surface area (Å²) in [6, 6.07) is 0.417. The quantitative estimate of drug-likeness (QED) is 0.586. The molecule has 0 bridgehead atoms. The summed E-state index contributed by atoms with van der Waals surface area (Å²) in [5.74, 6) is 1.77. The summed E-state index contributed by atoms with van der Waals surface area (Å²) in [6.07, 6.45) is 9.43. The number of hydrogen-bond acceptors (Lipinski definition) is 2. The zero-order valence-electron chi connectivity index (χ0n) is 10.9. The highest BCUT2D eigenvalue weighted by atomic mass is 32.1. The average molecular weight is 255 g/mol. The largest absolute Gasteiger partial charge is 0.353 e. The Hall–Kier alpha value is -0.180. The molecular weight excluding hydrogens is 230 g/mol. The number of nitrogens with one attached hydrogen (secondary N) is 1. The summed E-state index contributed by atoms with van der Waals surface area (Å²) in [6.45, 7) is 2.28. The van der Waals surface area contributed by atoms with Gasteiger partial charge in [0.05, 0.1) is 0 Å². The minimum Gasteiger partial charge on any atom is -0.353 e. The van der Waals surface area contributed by atoms with Crippen molar-refractivity contribution in [3.63, 3.8) is 0 Å². The number of thiol groups is 1. The van der Waals surface area contributed by atoms with Crippen molar-refractivity contribution < 1.29 is 4.79 Å². The third-order valence-corrected chi connectivity index (χ3v) is 5.21. The van der Waals surface area contributed by atoms with Crippen molar-refractivity contribution in [2.45, 2.75) is 64.3 Å². The molecule has 2 saturated carbocycles. The van der Waals surface area contributed by atoms with Crippen LogP contribution >= 0.6 is 12.6 Å². The Morgan fingerprint density at radius 1 is 1.29 bits per heavy atom. The maximum atomic E-state index is 12.0. The standard InChI is InChI=1S/C14H25NOS/c1-11-5-3-2-4-6-12(11)15-13(16)9-14(10-17)7-8-14/h11-12,17H,2-10H2,1H3,(H,15,16). The lowest BCUT2D eigenvalue weighted by molar-refractivity contribution is -0.123. The van der Waals surface area contributed by atoms with Gasteiger partial charge in [-0.3, -0.25) is 4.79 Å². The van der Waals surface area contributed by atoms with Gasteiger partial charge in [-0.1, -0.05) is 26.2 Å². The molecule has 2 aliphatic rings. The van der Waals surface area contributed by atoms with Gasteiger partial charge in [-0.15, -0.1) is 0 Å². The molecule has 1 N–H and O–H groups in total. The van der Waals surface area contributed by atoms with E-state index in [1.54, 1.807) is 0 Å². The lowest BCUT2D eigenvalue weighted by atomic mass is 9.96. The van der Waals surface area contributed by atoms with Crippen LogP contribution in [-0.2, 0) is 4.79 Å². The second kappa shape index (κ2) is 5.64. The normalized spacial score (nSPS) is 31.6. The van der Waals surface area contributed by atoms with E-state index in [2.05, 4.69) is 24.9 Å². The molecule has 17 heavy (non-hydrogen) atoms. The summed E-state index contributed by atoms with van der Waals surface area (Å²) >= 11 is 4.36. The van der Waals surface area contributed by atoms with Crippen molar-refractivity contribution >= 4 is 18.5 Å². The summed E-state index contributed by atoms with van der Waals surface area (Å²) < 4.78 is 0. The van der Waals surface area contributed by atoms with Crippen LogP contribution in [0.3, 0.4) is 0 Å². The van der Waals surface area contributed by atoms with Crippen LogP contribution in [0.5, 0.6) is 0 Å². The number of rotatable bonds is 4. The minimum absolute atomic E-state index is 0.251. The van der Waals surface area contributed by atoms with E-state index >= 15 is 0 Å². The number of carbonyl (C=O) groups is 1. The molecule has 2 fully saturated rings. The van der Waals surface area contributed by atoms with Crippen molar-refractivity contribution in [3.05, 3.63) is 0 Å². The Morgan fingerprint density at radius 3 is 2.65 bits per heavy atom. The molecule has 2 unspecified atom stereocenters. The van der Waals surface area contributed by atoms with Gasteiger partial charge in [-0.05, 0) is 42.8 Å². The lowest BCUT2D eigenvalue weighted by Gasteiger charge is -2.24. The smallest absolute Gasteiger partial charge is 0.220 e. The van der Waals surface area contributed by atoms with Crippen LogP contribution in [0, 0.1) is 11.3 Å². The first kappa shape index (κ1) is 13.3. The maximum Gasteiger partial charge on any atom is 0.220 e. The molecule has 0 saturated heterocycles. The van der Waals surface area contributed by atoms with E-state index in [1.807, 2.05) is 0 Å². The first-order valence-corrected chi connectivity index (χ1v) is 7.69. The van der Waals surface area contributed by atoms with Crippen molar-refractivity contribution in [1.82, 2.24) is 5.32 Å². The first-order valence-electron chi connectivity index (χ1n) is 7.05. The van der Waals surface area contributed by atoms with Gasteiger partial charge in [0, 0.05) is 12.5 Å². The van der Waals surface area contributed by atoms with Crippen LogP contribution in [0.2, 0.25) is 0 Å². The molecule has 0 spiro atoms. The molecule has 1 amide bonds. The molecule has 2 rings (SSSR count). The number of carbonyl (C=O) groups excluding carboxylic acids is 1. The number of hydrogen-bond donors (Lipinski definition) is 2. The van der Waals surface area contributed by atoms with E-state index in [4.69, 9.17) is 0 Å². The minimum atomic E-state index is 0.251.